The SMILES string of the molecule is O=C(Cl)/C=C/C1CCC(F)(F)CC1. The van der Waals surface area contributed by atoms with Gasteiger partial charge < -0.3 is 0 Å². The van der Waals surface area contributed by atoms with Crippen LogP contribution < -0.4 is 0 Å². The number of allylic oxidation sites excluding steroid dienone is 2. The van der Waals surface area contributed by atoms with Gasteiger partial charge in [-0.3, -0.25) is 4.79 Å². The molecule has 1 nitrogen and oxygen atoms in total. The molecule has 0 heterocycles. The van der Waals surface area contributed by atoms with Gasteiger partial charge in [0.25, 0.3) is 0 Å². The summed E-state index contributed by atoms with van der Waals surface area (Å²) in [5, 5.41) is -0.544. The Morgan fingerprint density at radius 3 is 2.38 bits per heavy atom. The Labute approximate surface area is 80.8 Å². The van der Waals surface area contributed by atoms with E-state index >= 15 is 0 Å². The molecule has 1 aliphatic carbocycles. The lowest BCUT2D eigenvalue weighted by molar-refractivity contribution is -0.107. The predicted octanol–water partition coefficient (Wildman–Crippen LogP) is 3.13. The molecule has 0 spiro atoms. The molecule has 0 bridgehead atoms. The van der Waals surface area contributed by atoms with Gasteiger partial charge in [0, 0.05) is 12.8 Å². The van der Waals surface area contributed by atoms with Crippen molar-refractivity contribution in [3.8, 4) is 0 Å². The number of carbonyl (C=O) groups excluding carboxylic acids is 1. The van der Waals surface area contributed by atoms with E-state index in [2.05, 4.69) is 0 Å². The predicted molar refractivity (Wildman–Crippen MR) is 46.9 cm³/mol. The smallest absolute Gasteiger partial charge is 0.248 e. The van der Waals surface area contributed by atoms with Gasteiger partial charge in [0.2, 0.25) is 11.2 Å². The van der Waals surface area contributed by atoms with Gasteiger partial charge in [-0.05, 0) is 36.4 Å². The van der Waals surface area contributed by atoms with Crippen LogP contribution in [-0.2, 0) is 4.79 Å². The highest BCUT2D eigenvalue weighted by molar-refractivity contribution is 6.66. The molecule has 1 fully saturated rings. The van der Waals surface area contributed by atoms with E-state index in [-0.39, 0.29) is 18.8 Å². The zero-order valence-electron chi connectivity index (χ0n) is 7.10. The molecule has 0 aliphatic heterocycles. The fraction of sp³-hybridized carbons (Fsp3) is 0.667. The number of hydrogen-bond acceptors (Lipinski definition) is 1. The van der Waals surface area contributed by atoms with Crippen molar-refractivity contribution in [1.82, 2.24) is 0 Å². The van der Waals surface area contributed by atoms with E-state index in [1.165, 1.54) is 6.08 Å². The summed E-state index contributed by atoms with van der Waals surface area (Å²) in [4.78, 5) is 10.3. The summed E-state index contributed by atoms with van der Waals surface area (Å²) in [5.74, 6) is -2.42. The number of halogens is 3. The minimum atomic E-state index is -2.50. The first-order valence-corrected chi connectivity index (χ1v) is 4.63. The van der Waals surface area contributed by atoms with Crippen LogP contribution >= 0.6 is 11.6 Å². The van der Waals surface area contributed by atoms with Gasteiger partial charge in [0.05, 0.1) is 0 Å². The molecule has 74 valence electrons. The van der Waals surface area contributed by atoms with Crippen molar-refractivity contribution in [3.63, 3.8) is 0 Å². The second kappa shape index (κ2) is 4.18. The normalized spacial score (nSPS) is 23.6. The third-order valence-electron chi connectivity index (χ3n) is 2.26. The Hall–Kier alpha value is -0.440. The molecule has 13 heavy (non-hydrogen) atoms. The van der Waals surface area contributed by atoms with E-state index in [0.717, 1.165) is 0 Å². The fourth-order valence-corrected chi connectivity index (χ4v) is 1.54. The van der Waals surface area contributed by atoms with Crippen molar-refractivity contribution in [2.75, 3.05) is 0 Å². The molecule has 0 saturated heterocycles. The van der Waals surface area contributed by atoms with Crippen LogP contribution in [0.5, 0.6) is 0 Å². The number of hydrogen-bond donors (Lipinski definition) is 0. The first-order chi connectivity index (χ1) is 5.99. The summed E-state index contributed by atoms with van der Waals surface area (Å²) in [6.07, 6.45) is 3.58. The van der Waals surface area contributed by atoms with Crippen molar-refractivity contribution in [3.05, 3.63) is 12.2 Å². The third kappa shape index (κ3) is 3.85. The van der Waals surface area contributed by atoms with Crippen LogP contribution in [0.3, 0.4) is 0 Å². The fourth-order valence-electron chi connectivity index (χ4n) is 1.47. The Balaban J connectivity index is 2.37. The van der Waals surface area contributed by atoms with E-state index < -0.39 is 11.2 Å². The summed E-state index contributed by atoms with van der Waals surface area (Å²) < 4.78 is 25.3. The highest BCUT2D eigenvalue weighted by atomic mass is 35.5. The van der Waals surface area contributed by atoms with Crippen LogP contribution in [-0.4, -0.2) is 11.2 Å². The molecule has 0 aromatic rings. The average Bonchev–Trinajstić information content (AvgIpc) is 2.02. The standard InChI is InChI=1S/C9H11ClF2O/c10-8(13)2-1-7-3-5-9(11,12)6-4-7/h1-2,7H,3-6H2/b2-1+. The summed E-state index contributed by atoms with van der Waals surface area (Å²) in [6.45, 7) is 0. The maximum Gasteiger partial charge on any atom is 0.248 e. The zero-order valence-corrected chi connectivity index (χ0v) is 7.86. The van der Waals surface area contributed by atoms with Crippen LogP contribution in [0.2, 0.25) is 0 Å². The van der Waals surface area contributed by atoms with Gasteiger partial charge in [-0.15, -0.1) is 0 Å². The molecule has 1 saturated carbocycles. The molecule has 0 atom stereocenters. The topological polar surface area (TPSA) is 17.1 Å². The van der Waals surface area contributed by atoms with Crippen molar-refractivity contribution in [2.24, 2.45) is 5.92 Å². The maximum absolute atomic E-state index is 12.7. The number of alkyl halides is 2. The summed E-state index contributed by atoms with van der Waals surface area (Å²) in [5.41, 5.74) is 0. The minimum Gasteiger partial charge on any atom is -0.276 e. The van der Waals surface area contributed by atoms with Crippen molar-refractivity contribution in [2.45, 2.75) is 31.6 Å². The highest BCUT2D eigenvalue weighted by Crippen LogP contribution is 2.36. The van der Waals surface area contributed by atoms with Crippen LogP contribution in [0.25, 0.3) is 0 Å². The molecule has 1 rings (SSSR count). The minimum absolute atomic E-state index is 0.0848. The van der Waals surface area contributed by atoms with Crippen LogP contribution in [0, 0.1) is 5.92 Å². The average molecular weight is 209 g/mol. The van der Waals surface area contributed by atoms with E-state index in [4.69, 9.17) is 11.6 Å². The van der Waals surface area contributed by atoms with Gasteiger partial charge in [-0.25, -0.2) is 8.78 Å². The van der Waals surface area contributed by atoms with Crippen molar-refractivity contribution < 1.29 is 13.6 Å². The van der Waals surface area contributed by atoms with Gasteiger partial charge in [0.1, 0.15) is 0 Å². The molecule has 1 aliphatic rings. The monoisotopic (exact) mass is 208 g/mol. The summed E-state index contributed by atoms with van der Waals surface area (Å²) >= 11 is 5.08. The molecular formula is C9H11ClF2O. The van der Waals surface area contributed by atoms with Gasteiger partial charge in [0.15, 0.2) is 0 Å². The molecule has 0 aromatic heterocycles. The third-order valence-corrected chi connectivity index (χ3v) is 2.39. The van der Waals surface area contributed by atoms with E-state index in [1.807, 2.05) is 0 Å². The first kappa shape index (κ1) is 10.6. The van der Waals surface area contributed by atoms with Crippen LogP contribution in [0.15, 0.2) is 12.2 Å². The van der Waals surface area contributed by atoms with E-state index in [1.54, 1.807) is 6.08 Å². The Kier molecular flexibility index (Phi) is 3.42. The molecule has 4 heteroatoms. The maximum atomic E-state index is 12.7. The zero-order chi connectivity index (χ0) is 9.90. The van der Waals surface area contributed by atoms with E-state index in [0.29, 0.717) is 12.8 Å². The quantitative estimate of drug-likeness (QED) is 0.503. The largest absolute Gasteiger partial charge is 0.276 e. The lowest BCUT2D eigenvalue weighted by Crippen LogP contribution is -2.23. The molecule has 0 unspecified atom stereocenters. The van der Waals surface area contributed by atoms with Crippen LogP contribution in [0.4, 0.5) is 8.78 Å². The Morgan fingerprint density at radius 1 is 1.38 bits per heavy atom. The highest BCUT2D eigenvalue weighted by Gasteiger charge is 2.33. The molecular weight excluding hydrogens is 198 g/mol. The molecule has 0 radical (unpaired) electrons. The van der Waals surface area contributed by atoms with Gasteiger partial charge in [-0.1, -0.05) is 6.08 Å². The first-order valence-electron chi connectivity index (χ1n) is 4.25. The lowest BCUT2D eigenvalue weighted by atomic mass is 9.87. The lowest BCUT2D eigenvalue weighted by Gasteiger charge is -2.26. The number of rotatable bonds is 2. The van der Waals surface area contributed by atoms with Gasteiger partial charge >= 0.3 is 0 Å². The molecule has 0 aromatic carbocycles. The second-order valence-corrected chi connectivity index (χ2v) is 3.73. The molecule has 0 amide bonds. The number of carbonyl (C=O) groups is 1. The summed E-state index contributed by atoms with van der Waals surface area (Å²) in [6, 6.07) is 0. The van der Waals surface area contributed by atoms with Gasteiger partial charge in [-0.2, -0.15) is 0 Å². The van der Waals surface area contributed by atoms with Crippen LogP contribution in [0.1, 0.15) is 25.7 Å². The summed E-state index contributed by atoms with van der Waals surface area (Å²) in [7, 11) is 0. The molecule has 0 N–H and O–H groups in total. The second-order valence-electron chi connectivity index (χ2n) is 3.36. The van der Waals surface area contributed by atoms with Crippen molar-refractivity contribution >= 4 is 16.8 Å². The van der Waals surface area contributed by atoms with E-state index in [9.17, 15) is 13.6 Å². The Morgan fingerprint density at radius 2 is 1.92 bits per heavy atom. The van der Waals surface area contributed by atoms with Crippen molar-refractivity contribution in [1.29, 1.82) is 0 Å². The Bertz CT molecular complexity index is 216.